The SMILES string of the molecule is CN=C(NCc1ccccc1S(=O)(=O)N1CCN(C)CC1)N(C)Cc1ccsc1. The predicted octanol–water partition coefficient (Wildman–Crippen LogP) is 1.89. The van der Waals surface area contributed by atoms with Gasteiger partial charge in [-0.3, -0.25) is 4.99 Å². The highest BCUT2D eigenvalue weighted by Crippen LogP contribution is 2.21. The maximum absolute atomic E-state index is 13.2. The highest BCUT2D eigenvalue weighted by atomic mass is 32.2. The molecule has 1 aliphatic rings. The Kier molecular flexibility index (Phi) is 7.28. The summed E-state index contributed by atoms with van der Waals surface area (Å²) in [6.07, 6.45) is 0. The van der Waals surface area contributed by atoms with E-state index in [-0.39, 0.29) is 0 Å². The fraction of sp³-hybridized carbons (Fsp3) is 0.450. The Hall–Kier alpha value is -1.94. The average molecular weight is 436 g/mol. The minimum atomic E-state index is -3.52. The predicted molar refractivity (Wildman–Crippen MR) is 119 cm³/mol. The Labute approximate surface area is 177 Å². The van der Waals surface area contributed by atoms with E-state index < -0.39 is 10.0 Å². The normalized spacial score (nSPS) is 16.7. The highest BCUT2D eigenvalue weighted by molar-refractivity contribution is 7.89. The number of hydrogen-bond donors (Lipinski definition) is 1. The summed E-state index contributed by atoms with van der Waals surface area (Å²) >= 11 is 1.67. The van der Waals surface area contributed by atoms with E-state index in [4.69, 9.17) is 0 Å². The van der Waals surface area contributed by atoms with Crippen LogP contribution in [0.15, 0.2) is 51.0 Å². The Morgan fingerprint density at radius 2 is 1.93 bits per heavy atom. The van der Waals surface area contributed by atoms with Gasteiger partial charge in [-0.05, 0) is 41.1 Å². The van der Waals surface area contributed by atoms with E-state index in [9.17, 15) is 8.42 Å². The molecule has 1 saturated heterocycles. The second-order valence-corrected chi connectivity index (χ2v) is 9.89. The van der Waals surface area contributed by atoms with Crippen LogP contribution >= 0.6 is 11.3 Å². The van der Waals surface area contributed by atoms with Gasteiger partial charge in [0.05, 0.1) is 4.90 Å². The fourth-order valence-electron chi connectivity index (χ4n) is 3.36. The third-order valence-electron chi connectivity index (χ3n) is 5.06. The maximum Gasteiger partial charge on any atom is 0.243 e. The van der Waals surface area contributed by atoms with Crippen LogP contribution < -0.4 is 5.32 Å². The van der Waals surface area contributed by atoms with Crippen LogP contribution in [0.2, 0.25) is 0 Å². The molecule has 0 bridgehead atoms. The molecule has 0 aliphatic carbocycles. The zero-order valence-electron chi connectivity index (χ0n) is 17.2. The van der Waals surface area contributed by atoms with Crippen LogP contribution in [-0.2, 0) is 23.1 Å². The van der Waals surface area contributed by atoms with E-state index in [2.05, 4.69) is 32.0 Å². The number of rotatable bonds is 6. The second-order valence-electron chi connectivity index (χ2n) is 7.20. The van der Waals surface area contributed by atoms with Crippen molar-refractivity contribution in [1.82, 2.24) is 19.4 Å². The van der Waals surface area contributed by atoms with E-state index in [0.29, 0.717) is 24.5 Å². The van der Waals surface area contributed by atoms with E-state index in [0.717, 1.165) is 31.2 Å². The summed E-state index contributed by atoms with van der Waals surface area (Å²) in [5.41, 5.74) is 1.97. The van der Waals surface area contributed by atoms with Crippen molar-refractivity contribution in [3.05, 3.63) is 52.2 Å². The van der Waals surface area contributed by atoms with Gasteiger partial charge < -0.3 is 15.1 Å². The van der Waals surface area contributed by atoms with Crippen LogP contribution in [0.4, 0.5) is 0 Å². The number of piperazine rings is 1. The molecule has 0 saturated carbocycles. The summed E-state index contributed by atoms with van der Waals surface area (Å²) in [5, 5.41) is 7.48. The van der Waals surface area contributed by atoms with Gasteiger partial charge in [0.1, 0.15) is 0 Å². The molecule has 2 aromatic rings. The van der Waals surface area contributed by atoms with Gasteiger partial charge in [0.25, 0.3) is 0 Å². The molecule has 1 aromatic heterocycles. The number of aliphatic imine (C=N–C) groups is 1. The summed E-state index contributed by atoms with van der Waals surface area (Å²) in [4.78, 5) is 8.88. The van der Waals surface area contributed by atoms with Crippen molar-refractivity contribution in [1.29, 1.82) is 0 Å². The van der Waals surface area contributed by atoms with Crippen molar-refractivity contribution in [3.63, 3.8) is 0 Å². The molecular weight excluding hydrogens is 406 g/mol. The van der Waals surface area contributed by atoms with E-state index >= 15 is 0 Å². The molecule has 1 N–H and O–H groups in total. The first-order valence-electron chi connectivity index (χ1n) is 9.61. The number of benzene rings is 1. The van der Waals surface area contributed by atoms with Crippen LogP contribution in [0.1, 0.15) is 11.1 Å². The largest absolute Gasteiger partial charge is 0.352 e. The average Bonchev–Trinajstić information content (AvgIpc) is 3.22. The van der Waals surface area contributed by atoms with Crippen LogP contribution in [-0.4, -0.2) is 75.8 Å². The second kappa shape index (κ2) is 9.71. The Morgan fingerprint density at radius 1 is 1.21 bits per heavy atom. The van der Waals surface area contributed by atoms with Crippen LogP contribution in [0.25, 0.3) is 0 Å². The number of sulfonamides is 1. The minimum Gasteiger partial charge on any atom is -0.352 e. The molecular formula is C20H29N5O2S2. The molecule has 0 spiro atoms. The lowest BCUT2D eigenvalue weighted by Crippen LogP contribution is -2.47. The molecule has 0 radical (unpaired) electrons. The van der Waals surface area contributed by atoms with Gasteiger partial charge in [-0.25, -0.2) is 8.42 Å². The van der Waals surface area contributed by atoms with Gasteiger partial charge in [0.2, 0.25) is 10.0 Å². The van der Waals surface area contributed by atoms with Crippen molar-refractivity contribution < 1.29 is 8.42 Å². The first kappa shape index (κ1) is 21.8. The standard InChI is InChI=1S/C20H29N5O2S2/c1-21-20(24(3)15-17-8-13-28-16-17)22-14-18-6-4-5-7-19(18)29(26,27)25-11-9-23(2)10-12-25/h4-8,13,16H,9-12,14-15H2,1-3H3,(H,21,22). The topological polar surface area (TPSA) is 68.2 Å². The highest BCUT2D eigenvalue weighted by Gasteiger charge is 2.29. The minimum absolute atomic E-state index is 0.369. The third-order valence-corrected chi connectivity index (χ3v) is 7.79. The number of guanidine groups is 1. The molecule has 158 valence electrons. The van der Waals surface area contributed by atoms with Gasteiger partial charge in [0.15, 0.2) is 5.96 Å². The maximum atomic E-state index is 13.2. The summed E-state index contributed by atoms with van der Waals surface area (Å²) in [6.45, 7) is 3.67. The monoisotopic (exact) mass is 435 g/mol. The van der Waals surface area contributed by atoms with Gasteiger partial charge in [-0.2, -0.15) is 15.6 Å². The molecule has 0 amide bonds. The molecule has 1 aromatic carbocycles. The number of nitrogens with one attached hydrogen (secondary N) is 1. The summed E-state index contributed by atoms with van der Waals surface area (Å²) in [6, 6.07) is 9.30. The number of likely N-dealkylation sites (N-methyl/N-ethyl adjacent to an activating group) is 1. The molecule has 3 rings (SSSR count). The summed E-state index contributed by atoms with van der Waals surface area (Å²) < 4.78 is 28.0. The fourth-order valence-corrected chi connectivity index (χ4v) is 5.66. The van der Waals surface area contributed by atoms with Crippen molar-refractivity contribution in [2.45, 2.75) is 18.0 Å². The molecule has 1 aliphatic heterocycles. The smallest absolute Gasteiger partial charge is 0.243 e. The van der Waals surface area contributed by atoms with E-state index in [1.807, 2.05) is 31.1 Å². The van der Waals surface area contributed by atoms with Crippen molar-refractivity contribution >= 4 is 27.3 Å². The first-order chi connectivity index (χ1) is 13.9. The number of nitrogens with zero attached hydrogens (tertiary/aromatic N) is 4. The first-order valence-corrected chi connectivity index (χ1v) is 12.0. The Balaban J connectivity index is 1.71. The van der Waals surface area contributed by atoms with Crippen molar-refractivity contribution in [2.24, 2.45) is 4.99 Å². The van der Waals surface area contributed by atoms with Gasteiger partial charge >= 0.3 is 0 Å². The molecule has 0 unspecified atom stereocenters. The van der Waals surface area contributed by atoms with Crippen molar-refractivity contribution in [2.75, 3.05) is 47.3 Å². The van der Waals surface area contributed by atoms with Crippen LogP contribution in [0, 0.1) is 0 Å². The molecule has 7 nitrogen and oxygen atoms in total. The van der Waals surface area contributed by atoms with Gasteiger partial charge in [-0.15, -0.1) is 0 Å². The molecule has 0 atom stereocenters. The van der Waals surface area contributed by atoms with E-state index in [1.165, 1.54) is 5.56 Å². The van der Waals surface area contributed by atoms with Gasteiger partial charge in [0, 0.05) is 53.4 Å². The van der Waals surface area contributed by atoms with Crippen molar-refractivity contribution in [3.8, 4) is 0 Å². The van der Waals surface area contributed by atoms with Gasteiger partial charge in [-0.1, -0.05) is 18.2 Å². The number of hydrogen-bond acceptors (Lipinski definition) is 5. The molecule has 9 heteroatoms. The molecule has 1 fully saturated rings. The lowest BCUT2D eigenvalue weighted by molar-refractivity contribution is 0.222. The van der Waals surface area contributed by atoms with E-state index in [1.54, 1.807) is 34.8 Å². The third kappa shape index (κ3) is 5.36. The summed E-state index contributed by atoms with van der Waals surface area (Å²) in [5.74, 6) is 0.725. The lowest BCUT2D eigenvalue weighted by atomic mass is 10.2. The quantitative estimate of drug-likeness (QED) is 0.554. The Bertz CT molecular complexity index is 920. The number of thiophene rings is 1. The Morgan fingerprint density at radius 3 is 2.59 bits per heavy atom. The molecule has 29 heavy (non-hydrogen) atoms. The molecule has 2 heterocycles. The van der Waals surface area contributed by atoms with Crippen LogP contribution in [0.3, 0.4) is 0 Å². The lowest BCUT2D eigenvalue weighted by Gasteiger charge is -2.32. The zero-order valence-corrected chi connectivity index (χ0v) is 18.8. The van der Waals surface area contributed by atoms with Crippen LogP contribution in [0.5, 0.6) is 0 Å². The zero-order chi connectivity index (χ0) is 20.9. The summed E-state index contributed by atoms with van der Waals surface area (Å²) in [7, 11) is 2.20.